The van der Waals surface area contributed by atoms with E-state index >= 15 is 0 Å². The third kappa shape index (κ3) is 2.04. The van der Waals surface area contributed by atoms with Gasteiger partial charge in [-0.1, -0.05) is 0 Å². The average Bonchev–Trinajstić information content (AvgIpc) is 2.67. The molecule has 0 amide bonds. The van der Waals surface area contributed by atoms with Gasteiger partial charge in [0.05, 0.1) is 16.6 Å². The molecule has 1 N–H and O–H groups in total. The van der Waals surface area contributed by atoms with Crippen molar-refractivity contribution in [1.82, 2.24) is 10.2 Å². The third-order valence-electron chi connectivity index (χ3n) is 1.88. The number of nitro benzene ring substituents is 1. The number of hydrogen-bond donors (Lipinski definition) is 1. The van der Waals surface area contributed by atoms with E-state index in [1.807, 2.05) is 0 Å². The molecule has 0 atom stereocenters. The van der Waals surface area contributed by atoms with Crippen molar-refractivity contribution in [3.05, 3.63) is 38.7 Å². The van der Waals surface area contributed by atoms with Gasteiger partial charge in [-0.05, 0) is 18.3 Å². The molecule has 0 unspecified atom stereocenters. The molecule has 88 valence electrons. The molecule has 1 heterocycles. The van der Waals surface area contributed by atoms with Crippen molar-refractivity contribution in [2.24, 2.45) is 0 Å². The number of nitrogens with one attached hydrogen (secondary N) is 1. The molecule has 0 bridgehead atoms. The number of benzene rings is 1. The number of hydrogen-bond acceptors (Lipinski definition) is 5. The van der Waals surface area contributed by atoms with Crippen LogP contribution in [-0.4, -0.2) is 15.1 Å². The van der Waals surface area contributed by atoms with Crippen molar-refractivity contribution >= 4 is 17.9 Å². The van der Waals surface area contributed by atoms with Crippen LogP contribution in [0.2, 0.25) is 0 Å². The largest absolute Gasteiger partial charge is 0.409 e. The van der Waals surface area contributed by atoms with Crippen molar-refractivity contribution in [3.8, 4) is 11.5 Å². The molecule has 0 saturated heterocycles. The standard InChI is InChI=1S/C8H3F2N3O3S/c9-3-1-4(7-11-12-8(17)16-7)6(10)5(2-3)13(14)15/h1-2H,(H,12,17). The lowest BCUT2D eigenvalue weighted by atomic mass is 10.2. The van der Waals surface area contributed by atoms with Gasteiger partial charge in [0.1, 0.15) is 5.82 Å². The zero-order chi connectivity index (χ0) is 12.6. The molecule has 6 nitrogen and oxygen atoms in total. The highest BCUT2D eigenvalue weighted by molar-refractivity contribution is 7.71. The lowest BCUT2D eigenvalue weighted by Gasteiger charge is -1.99. The molecule has 17 heavy (non-hydrogen) atoms. The second kappa shape index (κ2) is 4.01. The van der Waals surface area contributed by atoms with Crippen LogP contribution in [0.5, 0.6) is 0 Å². The topological polar surface area (TPSA) is 85.0 Å². The van der Waals surface area contributed by atoms with Gasteiger partial charge in [0.2, 0.25) is 11.7 Å². The SMILES string of the molecule is O=[N+]([O-])c1cc(F)cc(-c2n[nH]c(=S)o2)c1F. The van der Waals surface area contributed by atoms with Gasteiger partial charge in [-0.15, -0.1) is 5.10 Å². The maximum absolute atomic E-state index is 13.6. The minimum Gasteiger partial charge on any atom is -0.409 e. The van der Waals surface area contributed by atoms with Crippen LogP contribution < -0.4 is 0 Å². The second-order valence-corrected chi connectivity index (χ2v) is 3.33. The maximum atomic E-state index is 13.6. The smallest absolute Gasteiger partial charge is 0.308 e. The molecule has 9 heteroatoms. The number of halogens is 2. The normalized spacial score (nSPS) is 10.5. The zero-order valence-electron chi connectivity index (χ0n) is 7.94. The molecule has 0 aliphatic heterocycles. The van der Waals surface area contributed by atoms with Gasteiger partial charge in [-0.3, -0.25) is 10.1 Å². The number of H-pyrrole nitrogens is 1. The summed E-state index contributed by atoms with van der Waals surface area (Å²) >= 11 is 4.56. The monoisotopic (exact) mass is 259 g/mol. The summed E-state index contributed by atoms with van der Waals surface area (Å²) in [6.45, 7) is 0. The Morgan fingerprint density at radius 3 is 2.71 bits per heavy atom. The molecule has 0 radical (unpaired) electrons. The van der Waals surface area contributed by atoms with E-state index in [1.165, 1.54) is 0 Å². The van der Waals surface area contributed by atoms with Gasteiger partial charge in [-0.25, -0.2) is 9.49 Å². The fourth-order valence-corrected chi connectivity index (χ4v) is 1.33. The first kappa shape index (κ1) is 11.3. The second-order valence-electron chi connectivity index (χ2n) is 2.96. The molecule has 0 aliphatic rings. The summed E-state index contributed by atoms with van der Waals surface area (Å²) in [5, 5.41) is 16.1. The number of aromatic nitrogens is 2. The quantitative estimate of drug-likeness (QED) is 0.509. The van der Waals surface area contributed by atoms with Crippen LogP contribution >= 0.6 is 12.2 Å². The molecular weight excluding hydrogens is 256 g/mol. The molecule has 1 aromatic carbocycles. The molecular formula is C8H3F2N3O3S. The molecule has 0 fully saturated rings. The van der Waals surface area contributed by atoms with E-state index < -0.39 is 27.8 Å². The first-order chi connectivity index (χ1) is 7.99. The Kier molecular flexibility index (Phi) is 2.68. The zero-order valence-corrected chi connectivity index (χ0v) is 8.75. The van der Waals surface area contributed by atoms with Crippen LogP contribution in [0, 0.1) is 26.6 Å². The summed E-state index contributed by atoms with van der Waals surface area (Å²) in [4.78, 5) is 9.30. The number of rotatable bonds is 2. The first-order valence-electron chi connectivity index (χ1n) is 4.18. The summed E-state index contributed by atoms with van der Waals surface area (Å²) in [6, 6.07) is 1.21. The van der Waals surface area contributed by atoms with E-state index in [1.54, 1.807) is 0 Å². The van der Waals surface area contributed by atoms with E-state index in [0.29, 0.717) is 6.07 Å². The molecule has 1 aromatic heterocycles. The van der Waals surface area contributed by atoms with Crippen LogP contribution in [0.1, 0.15) is 0 Å². The Morgan fingerprint density at radius 1 is 1.47 bits per heavy atom. The van der Waals surface area contributed by atoms with E-state index in [-0.39, 0.29) is 10.7 Å². The van der Waals surface area contributed by atoms with Gasteiger partial charge in [0.15, 0.2) is 0 Å². The fraction of sp³-hybridized carbons (Fsp3) is 0. The van der Waals surface area contributed by atoms with Crippen molar-refractivity contribution in [3.63, 3.8) is 0 Å². The fourth-order valence-electron chi connectivity index (χ4n) is 1.21. The van der Waals surface area contributed by atoms with Gasteiger partial charge >= 0.3 is 5.69 Å². The van der Waals surface area contributed by atoms with Gasteiger partial charge in [0, 0.05) is 0 Å². The summed E-state index contributed by atoms with van der Waals surface area (Å²) in [6.07, 6.45) is 0. The highest BCUT2D eigenvalue weighted by atomic mass is 32.1. The van der Waals surface area contributed by atoms with Gasteiger partial charge in [-0.2, -0.15) is 4.39 Å². The van der Waals surface area contributed by atoms with Crippen LogP contribution in [-0.2, 0) is 0 Å². The first-order valence-corrected chi connectivity index (χ1v) is 4.59. The predicted octanol–water partition coefficient (Wildman–Crippen LogP) is 2.59. The minimum absolute atomic E-state index is 0.147. The van der Waals surface area contributed by atoms with Crippen LogP contribution in [0.4, 0.5) is 14.5 Å². The maximum Gasteiger partial charge on any atom is 0.308 e. The minimum atomic E-state index is -1.23. The lowest BCUT2D eigenvalue weighted by molar-refractivity contribution is -0.387. The van der Waals surface area contributed by atoms with Crippen molar-refractivity contribution in [1.29, 1.82) is 0 Å². The van der Waals surface area contributed by atoms with Crippen LogP contribution in [0.15, 0.2) is 16.5 Å². The summed E-state index contributed by atoms with van der Waals surface area (Å²) in [5.74, 6) is -2.56. The molecule has 0 aliphatic carbocycles. The highest BCUT2D eigenvalue weighted by Crippen LogP contribution is 2.29. The van der Waals surface area contributed by atoms with Crippen LogP contribution in [0.3, 0.4) is 0 Å². The lowest BCUT2D eigenvalue weighted by Crippen LogP contribution is -1.97. The summed E-state index contributed by atoms with van der Waals surface area (Å²) in [5.41, 5.74) is -1.46. The van der Waals surface area contributed by atoms with Crippen LogP contribution in [0.25, 0.3) is 11.5 Å². The van der Waals surface area contributed by atoms with E-state index in [2.05, 4.69) is 22.4 Å². The summed E-state index contributed by atoms with van der Waals surface area (Å²) in [7, 11) is 0. The number of aromatic amines is 1. The Bertz CT molecular complexity index is 652. The van der Waals surface area contributed by atoms with Crippen molar-refractivity contribution < 1.29 is 18.1 Å². The van der Waals surface area contributed by atoms with Gasteiger partial charge < -0.3 is 4.42 Å². The molecule has 2 aromatic rings. The Labute approximate surface area is 97.0 Å². The molecule has 0 spiro atoms. The molecule has 2 rings (SSSR count). The summed E-state index contributed by atoms with van der Waals surface area (Å²) < 4.78 is 31.5. The van der Waals surface area contributed by atoms with E-state index in [4.69, 9.17) is 4.42 Å². The average molecular weight is 259 g/mol. The van der Waals surface area contributed by atoms with E-state index in [9.17, 15) is 18.9 Å². The highest BCUT2D eigenvalue weighted by Gasteiger charge is 2.23. The number of nitro groups is 1. The Morgan fingerprint density at radius 2 is 2.18 bits per heavy atom. The van der Waals surface area contributed by atoms with Crippen molar-refractivity contribution in [2.45, 2.75) is 0 Å². The van der Waals surface area contributed by atoms with E-state index in [0.717, 1.165) is 6.07 Å². The van der Waals surface area contributed by atoms with Crippen molar-refractivity contribution in [2.75, 3.05) is 0 Å². The third-order valence-corrected chi connectivity index (χ3v) is 2.06. The predicted molar refractivity (Wildman–Crippen MR) is 53.7 cm³/mol. The van der Waals surface area contributed by atoms with Gasteiger partial charge in [0.25, 0.3) is 4.84 Å². The Hall–Kier alpha value is -2.16. The Balaban J connectivity index is 2.70. The number of nitrogens with zero attached hydrogens (tertiary/aromatic N) is 2. The molecule has 0 saturated carbocycles.